The number of benzene rings is 1. The summed E-state index contributed by atoms with van der Waals surface area (Å²) >= 11 is 1.51. The highest BCUT2D eigenvalue weighted by atomic mass is 32.2. The van der Waals surface area contributed by atoms with E-state index in [2.05, 4.69) is 45.9 Å². The van der Waals surface area contributed by atoms with Crippen LogP contribution in [0.3, 0.4) is 0 Å². The van der Waals surface area contributed by atoms with Gasteiger partial charge in [-0.25, -0.2) is 15.0 Å². The number of hydrogen-bond acceptors (Lipinski definition) is 6. The zero-order valence-corrected chi connectivity index (χ0v) is 17.9. The fraction of sp³-hybridized carbons (Fsp3) is 0.333. The maximum absolute atomic E-state index is 12.1. The minimum absolute atomic E-state index is 0.223. The molecule has 3 heterocycles. The predicted octanol–water partition coefficient (Wildman–Crippen LogP) is 4.34. The number of imidazole rings is 1. The van der Waals surface area contributed by atoms with Gasteiger partial charge in [0.05, 0.1) is 5.69 Å². The molecule has 3 aromatic heterocycles. The molecule has 0 saturated carbocycles. The van der Waals surface area contributed by atoms with Crippen molar-refractivity contribution in [2.45, 2.75) is 44.5 Å². The van der Waals surface area contributed by atoms with E-state index in [-0.39, 0.29) is 5.56 Å². The number of aromatic amines is 1. The van der Waals surface area contributed by atoms with Crippen LogP contribution in [-0.4, -0.2) is 24.5 Å². The Balaban J connectivity index is 1.57. The lowest BCUT2D eigenvalue weighted by Crippen LogP contribution is -2.10. The summed E-state index contributed by atoms with van der Waals surface area (Å²) in [5.41, 5.74) is 3.82. The first kappa shape index (κ1) is 19.4. The largest absolute Gasteiger partial charge is 0.441 e. The Bertz CT molecular complexity index is 1230. The highest BCUT2D eigenvalue weighted by Gasteiger charge is 2.16. The number of rotatable bonds is 5. The van der Waals surface area contributed by atoms with Gasteiger partial charge in [0.2, 0.25) is 5.89 Å². The number of aromatic nitrogens is 5. The zero-order valence-electron chi connectivity index (χ0n) is 17.1. The monoisotopic (exact) mass is 409 g/mol. The van der Waals surface area contributed by atoms with Crippen LogP contribution in [0.1, 0.15) is 42.6 Å². The lowest BCUT2D eigenvalue weighted by molar-refractivity contribution is 0.540. The first-order chi connectivity index (χ1) is 13.8. The van der Waals surface area contributed by atoms with E-state index in [1.165, 1.54) is 17.3 Å². The molecule has 0 saturated heterocycles. The number of oxazole rings is 1. The zero-order chi connectivity index (χ0) is 20.7. The molecule has 0 atom stereocenters. The van der Waals surface area contributed by atoms with Crippen LogP contribution in [0, 0.1) is 13.8 Å². The van der Waals surface area contributed by atoms with Crippen LogP contribution in [-0.2, 0) is 12.8 Å². The highest BCUT2D eigenvalue weighted by molar-refractivity contribution is 7.98. The van der Waals surface area contributed by atoms with Crippen molar-refractivity contribution in [1.82, 2.24) is 24.5 Å². The molecule has 0 fully saturated rings. The second-order valence-corrected chi connectivity index (χ2v) is 8.31. The summed E-state index contributed by atoms with van der Waals surface area (Å²) in [4.78, 5) is 28.3. The molecule has 0 amide bonds. The summed E-state index contributed by atoms with van der Waals surface area (Å²) in [5.74, 6) is 3.05. The van der Waals surface area contributed by atoms with Crippen LogP contribution >= 0.6 is 11.8 Å². The van der Waals surface area contributed by atoms with Crippen molar-refractivity contribution in [1.29, 1.82) is 0 Å². The van der Waals surface area contributed by atoms with Crippen LogP contribution in [0.5, 0.6) is 0 Å². The van der Waals surface area contributed by atoms with Gasteiger partial charge >= 0.3 is 0 Å². The van der Waals surface area contributed by atoms with E-state index in [0.29, 0.717) is 39.7 Å². The molecule has 1 N–H and O–H groups in total. The Morgan fingerprint density at radius 3 is 2.55 bits per heavy atom. The van der Waals surface area contributed by atoms with E-state index in [0.717, 1.165) is 17.0 Å². The van der Waals surface area contributed by atoms with Crippen molar-refractivity contribution >= 4 is 22.9 Å². The fourth-order valence-corrected chi connectivity index (χ4v) is 4.09. The second-order valence-electron chi connectivity index (χ2n) is 7.36. The predicted molar refractivity (Wildman–Crippen MR) is 114 cm³/mol. The highest BCUT2D eigenvalue weighted by Crippen LogP contribution is 2.28. The molecular formula is C21H23N5O2S. The molecule has 8 heteroatoms. The molecule has 7 nitrogen and oxygen atoms in total. The Kier molecular flexibility index (Phi) is 5.04. The number of H-pyrrole nitrogens is 1. The Morgan fingerprint density at radius 1 is 1.14 bits per heavy atom. The maximum Gasteiger partial charge on any atom is 0.279 e. The molecule has 0 aliphatic rings. The first-order valence-electron chi connectivity index (χ1n) is 9.46. The van der Waals surface area contributed by atoms with Gasteiger partial charge in [0.1, 0.15) is 11.6 Å². The van der Waals surface area contributed by atoms with Crippen LogP contribution in [0.2, 0.25) is 0 Å². The Hall–Kier alpha value is -2.87. The number of nitrogens with zero attached hydrogens (tertiary/aromatic N) is 4. The van der Waals surface area contributed by atoms with Crippen LogP contribution in [0.25, 0.3) is 22.6 Å². The summed E-state index contributed by atoms with van der Waals surface area (Å²) in [6.07, 6.45) is 0. The Morgan fingerprint density at radius 2 is 1.86 bits per heavy atom. The van der Waals surface area contributed by atoms with Crippen molar-refractivity contribution in [3.8, 4) is 11.5 Å². The van der Waals surface area contributed by atoms with E-state index in [4.69, 9.17) is 4.42 Å². The van der Waals surface area contributed by atoms with Gasteiger partial charge in [0.25, 0.3) is 5.56 Å². The average molecular weight is 410 g/mol. The van der Waals surface area contributed by atoms with Gasteiger partial charge in [-0.3, -0.25) is 4.79 Å². The molecule has 0 bridgehead atoms. The van der Waals surface area contributed by atoms with Crippen molar-refractivity contribution in [2.75, 3.05) is 0 Å². The van der Waals surface area contributed by atoms with Gasteiger partial charge in [0, 0.05) is 18.4 Å². The van der Waals surface area contributed by atoms with E-state index < -0.39 is 0 Å². The molecule has 0 aliphatic carbocycles. The Labute approximate surface area is 172 Å². The SMILES string of the molecule is Cc1nc2c(nc(SCc3nc(-c4ccc(C(C)C)cc4)oc3C)n2C)c(=O)[nH]1. The molecule has 0 spiro atoms. The molecule has 1 aromatic carbocycles. The smallest absolute Gasteiger partial charge is 0.279 e. The summed E-state index contributed by atoms with van der Waals surface area (Å²) in [6.45, 7) is 8.02. The third kappa shape index (κ3) is 3.72. The third-order valence-electron chi connectivity index (χ3n) is 4.86. The molecule has 0 radical (unpaired) electrons. The van der Waals surface area contributed by atoms with Gasteiger partial charge in [-0.1, -0.05) is 37.7 Å². The van der Waals surface area contributed by atoms with Gasteiger partial charge in [-0.15, -0.1) is 0 Å². The van der Waals surface area contributed by atoms with Gasteiger partial charge in [0.15, 0.2) is 16.3 Å². The normalized spacial score (nSPS) is 11.7. The fourth-order valence-electron chi connectivity index (χ4n) is 3.12. The van der Waals surface area contributed by atoms with E-state index in [9.17, 15) is 4.79 Å². The number of thioether (sulfide) groups is 1. The average Bonchev–Trinajstić information content (AvgIpc) is 3.21. The molecule has 150 valence electrons. The summed E-state index contributed by atoms with van der Waals surface area (Å²) in [7, 11) is 1.86. The van der Waals surface area contributed by atoms with Crippen molar-refractivity contribution in [3.05, 3.63) is 57.5 Å². The van der Waals surface area contributed by atoms with Crippen molar-refractivity contribution in [2.24, 2.45) is 7.05 Å². The topological polar surface area (TPSA) is 89.6 Å². The van der Waals surface area contributed by atoms with E-state index in [1.807, 2.05) is 30.7 Å². The number of nitrogens with one attached hydrogen (secondary N) is 1. The second kappa shape index (κ2) is 7.51. The molecule has 0 aliphatic heterocycles. The molecule has 4 rings (SSSR count). The molecular weight excluding hydrogens is 386 g/mol. The number of fused-ring (bicyclic) bond motifs is 1. The van der Waals surface area contributed by atoms with Crippen LogP contribution in [0.4, 0.5) is 0 Å². The van der Waals surface area contributed by atoms with E-state index >= 15 is 0 Å². The molecule has 0 unspecified atom stereocenters. The summed E-state index contributed by atoms with van der Waals surface area (Å²) < 4.78 is 7.73. The lowest BCUT2D eigenvalue weighted by atomic mass is 10.0. The minimum atomic E-state index is -0.223. The van der Waals surface area contributed by atoms with Crippen molar-refractivity contribution < 1.29 is 4.42 Å². The standard InChI is InChI=1S/C21H23N5O2S/c1-11(2)14-6-8-15(9-7-14)20-24-16(12(3)28-20)10-29-21-25-17-18(26(21)5)22-13(4)23-19(17)27/h6-9,11H,10H2,1-5H3,(H,22,23,27). The van der Waals surface area contributed by atoms with E-state index in [1.54, 1.807) is 6.92 Å². The van der Waals surface area contributed by atoms with Crippen LogP contribution < -0.4 is 5.56 Å². The summed E-state index contributed by atoms with van der Waals surface area (Å²) in [5, 5.41) is 0.717. The quantitative estimate of drug-likeness (QED) is 0.493. The number of aryl methyl sites for hydroxylation is 3. The minimum Gasteiger partial charge on any atom is -0.441 e. The molecule has 4 aromatic rings. The maximum atomic E-state index is 12.1. The third-order valence-corrected chi connectivity index (χ3v) is 5.90. The summed E-state index contributed by atoms with van der Waals surface area (Å²) in [6, 6.07) is 8.31. The van der Waals surface area contributed by atoms with Crippen LogP contribution in [0.15, 0.2) is 38.6 Å². The lowest BCUT2D eigenvalue weighted by Gasteiger charge is -2.04. The first-order valence-corrected chi connectivity index (χ1v) is 10.4. The molecule has 29 heavy (non-hydrogen) atoms. The number of hydrogen-bond donors (Lipinski definition) is 1. The van der Waals surface area contributed by atoms with Crippen molar-refractivity contribution in [3.63, 3.8) is 0 Å². The van der Waals surface area contributed by atoms with Gasteiger partial charge in [-0.05, 0) is 37.5 Å². The van der Waals surface area contributed by atoms with Gasteiger partial charge in [-0.2, -0.15) is 0 Å². The van der Waals surface area contributed by atoms with Gasteiger partial charge < -0.3 is 14.0 Å².